The summed E-state index contributed by atoms with van der Waals surface area (Å²) in [6.45, 7) is 1.52. The summed E-state index contributed by atoms with van der Waals surface area (Å²) < 4.78 is 27.7. The molecule has 9 heteroatoms. The van der Waals surface area contributed by atoms with Crippen LogP contribution in [0.15, 0.2) is 34.7 Å². The second-order valence-corrected chi connectivity index (χ2v) is 7.05. The maximum absolute atomic E-state index is 12.3. The van der Waals surface area contributed by atoms with Crippen molar-refractivity contribution in [2.75, 3.05) is 19.5 Å². The highest BCUT2D eigenvalue weighted by molar-refractivity contribution is 7.85. The van der Waals surface area contributed by atoms with Gasteiger partial charge in [-0.25, -0.2) is 4.79 Å². The summed E-state index contributed by atoms with van der Waals surface area (Å²) >= 11 is 0. The van der Waals surface area contributed by atoms with Crippen molar-refractivity contribution in [2.45, 2.75) is 17.9 Å². The van der Waals surface area contributed by atoms with E-state index >= 15 is 0 Å². The van der Waals surface area contributed by atoms with Gasteiger partial charge in [-0.3, -0.25) is 9.00 Å². The van der Waals surface area contributed by atoms with E-state index in [1.54, 1.807) is 18.2 Å². The minimum Gasteiger partial charge on any atom is -0.493 e. The lowest BCUT2D eigenvalue weighted by molar-refractivity contribution is -0.115. The van der Waals surface area contributed by atoms with Crippen LogP contribution in [-0.4, -0.2) is 40.7 Å². The zero-order chi connectivity index (χ0) is 19.3. The molecule has 8 nitrogen and oxygen atoms in total. The molecule has 2 N–H and O–H groups in total. The van der Waals surface area contributed by atoms with Gasteiger partial charge in [0.1, 0.15) is 11.0 Å². The number of anilines is 1. The van der Waals surface area contributed by atoms with Gasteiger partial charge in [-0.2, -0.15) is 0 Å². The molecule has 1 aromatic heterocycles. The van der Waals surface area contributed by atoms with Crippen molar-refractivity contribution < 1.29 is 32.8 Å². The van der Waals surface area contributed by atoms with Crippen molar-refractivity contribution in [3.63, 3.8) is 0 Å². The van der Waals surface area contributed by atoms with Gasteiger partial charge in [0, 0.05) is 22.6 Å². The molecule has 26 heavy (non-hydrogen) atoms. The van der Waals surface area contributed by atoms with E-state index in [4.69, 9.17) is 19.0 Å². The molecule has 0 spiro atoms. The molecule has 1 amide bonds. The Bertz CT molecular complexity index is 830. The average Bonchev–Trinajstić information content (AvgIpc) is 3.09. The fraction of sp³-hybridized carbons (Fsp3) is 0.294. The number of hydrogen-bond donors (Lipinski definition) is 2. The first kappa shape index (κ1) is 19.5. The maximum atomic E-state index is 12.3. The number of carbonyl (C=O) groups is 2. The maximum Gasteiger partial charge on any atom is 0.371 e. The van der Waals surface area contributed by atoms with Gasteiger partial charge in [0.2, 0.25) is 11.7 Å². The molecule has 2 atom stereocenters. The van der Waals surface area contributed by atoms with Crippen LogP contribution in [-0.2, 0) is 21.3 Å². The molecule has 1 heterocycles. The molecule has 0 saturated heterocycles. The fourth-order valence-electron chi connectivity index (χ4n) is 2.11. The zero-order valence-corrected chi connectivity index (χ0v) is 15.3. The summed E-state index contributed by atoms with van der Waals surface area (Å²) in [5, 5.41) is 10.7. The van der Waals surface area contributed by atoms with E-state index in [1.807, 2.05) is 0 Å². The van der Waals surface area contributed by atoms with E-state index in [1.165, 1.54) is 33.3 Å². The Hall–Kier alpha value is -2.81. The molecule has 0 fully saturated rings. The van der Waals surface area contributed by atoms with E-state index in [9.17, 15) is 13.8 Å². The molecular formula is C17H19NO7S. The SMILES string of the molecule is COc1ccc(NC(=O)C(C)S(=O)Cc2ccc(C(=O)O)o2)cc1OC. The van der Waals surface area contributed by atoms with Gasteiger partial charge in [-0.05, 0) is 31.2 Å². The highest BCUT2D eigenvalue weighted by Gasteiger charge is 2.22. The summed E-state index contributed by atoms with van der Waals surface area (Å²) in [5.74, 6) is -0.730. The second kappa shape index (κ2) is 8.52. The third-order valence-electron chi connectivity index (χ3n) is 3.57. The van der Waals surface area contributed by atoms with Crippen LogP contribution >= 0.6 is 0 Å². The van der Waals surface area contributed by atoms with Crippen LogP contribution < -0.4 is 14.8 Å². The standard InChI is InChI=1S/C17H19NO7S/c1-10(26(22)9-12-5-7-14(25-12)17(20)21)16(19)18-11-4-6-13(23-2)15(8-11)24-3/h4-8,10H,9H2,1-3H3,(H,18,19)(H,20,21). The van der Waals surface area contributed by atoms with Crippen molar-refractivity contribution in [3.8, 4) is 11.5 Å². The van der Waals surface area contributed by atoms with Gasteiger partial charge in [-0.15, -0.1) is 0 Å². The fourth-order valence-corrected chi connectivity index (χ4v) is 3.10. The minimum atomic E-state index is -1.59. The third kappa shape index (κ3) is 4.63. The van der Waals surface area contributed by atoms with Crippen molar-refractivity contribution in [3.05, 3.63) is 41.9 Å². The van der Waals surface area contributed by atoms with Gasteiger partial charge < -0.3 is 24.3 Å². The Morgan fingerprint density at radius 3 is 2.46 bits per heavy atom. The van der Waals surface area contributed by atoms with Crippen LogP contribution in [0.3, 0.4) is 0 Å². The molecule has 0 saturated carbocycles. The van der Waals surface area contributed by atoms with Crippen LogP contribution in [0.25, 0.3) is 0 Å². The molecule has 2 unspecified atom stereocenters. The molecule has 0 radical (unpaired) electrons. The minimum absolute atomic E-state index is 0.0617. The lowest BCUT2D eigenvalue weighted by Crippen LogP contribution is -2.29. The molecule has 0 aliphatic rings. The number of benzene rings is 1. The number of rotatable bonds is 8. The van der Waals surface area contributed by atoms with Gasteiger partial charge in [0.25, 0.3) is 0 Å². The Balaban J connectivity index is 2.01. The molecule has 140 valence electrons. The van der Waals surface area contributed by atoms with E-state index < -0.39 is 27.9 Å². The Morgan fingerprint density at radius 1 is 1.19 bits per heavy atom. The van der Waals surface area contributed by atoms with Crippen molar-refractivity contribution >= 4 is 28.4 Å². The summed E-state index contributed by atoms with van der Waals surface area (Å²) in [7, 11) is 1.40. The summed E-state index contributed by atoms with van der Waals surface area (Å²) in [4.78, 5) is 23.1. The van der Waals surface area contributed by atoms with Crippen LogP contribution in [0.5, 0.6) is 11.5 Å². The average molecular weight is 381 g/mol. The van der Waals surface area contributed by atoms with Gasteiger partial charge in [0.05, 0.1) is 20.0 Å². The lowest BCUT2D eigenvalue weighted by Gasteiger charge is -2.13. The smallest absolute Gasteiger partial charge is 0.371 e. The van der Waals surface area contributed by atoms with E-state index in [-0.39, 0.29) is 17.3 Å². The zero-order valence-electron chi connectivity index (χ0n) is 14.5. The Kier molecular flexibility index (Phi) is 6.40. The third-order valence-corrected chi connectivity index (χ3v) is 5.14. The summed E-state index contributed by atoms with van der Waals surface area (Å²) in [6.07, 6.45) is 0. The summed E-state index contributed by atoms with van der Waals surface area (Å²) in [5.41, 5.74) is 0.475. The number of furan rings is 1. The van der Waals surface area contributed by atoms with Gasteiger partial charge >= 0.3 is 5.97 Å². The quantitative estimate of drug-likeness (QED) is 0.721. The number of carboxylic acids is 1. The predicted molar refractivity (Wildman–Crippen MR) is 95.2 cm³/mol. The van der Waals surface area contributed by atoms with Crippen molar-refractivity contribution in [2.24, 2.45) is 0 Å². The number of hydrogen-bond acceptors (Lipinski definition) is 6. The highest BCUT2D eigenvalue weighted by atomic mass is 32.2. The van der Waals surface area contributed by atoms with Crippen molar-refractivity contribution in [1.82, 2.24) is 0 Å². The first-order chi connectivity index (χ1) is 12.3. The van der Waals surface area contributed by atoms with Crippen molar-refractivity contribution in [1.29, 1.82) is 0 Å². The number of methoxy groups -OCH3 is 2. The topological polar surface area (TPSA) is 115 Å². The first-order valence-electron chi connectivity index (χ1n) is 7.57. The molecule has 1 aromatic carbocycles. The normalized spacial score (nSPS) is 12.9. The number of carboxylic acid groups (broad SMARTS) is 1. The Morgan fingerprint density at radius 2 is 1.88 bits per heavy atom. The Labute approximate surface area is 152 Å². The molecule has 0 bridgehead atoms. The molecule has 2 aromatic rings. The van der Waals surface area contributed by atoms with E-state index in [2.05, 4.69) is 5.32 Å². The van der Waals surface area contributed by atoms with Crippen LogP contribution in [0.1, 0.15) is 23.2 Å². The van der Waals surface area contributed by atoms with Gasteiger partial charge in [0.15, 0.2) is 11.5 Å². The van der Waals surface area contributed by atoms with Crippen LogP contribution in [0, 0.1) is 0 Å². The van der Waals surface area contributed by atoms with E-state index in [0.29, 0.717) is 17.2 Å². The predicted octanol–water partition coefficient (Wildman–Crippen LogP) is 2.27. The number of ether oxygens (including phenoxy) is 2. The molecule has 0 aliphatic heterocycles. The molecule has 2 rings (SSSR count). The monoisotopic (exact) mass is 381 g/mol. The number of aromatic carboxylic acids is 1. The van der Waals surface area contributed by atoms with E-state index in [0.717, 1.165) is 0 Å². The number of nitrogens with one attached hydrogen (secondary N) is 1. The molecule has 0 aliphatic carbocycles. The molecular weight excluding hydrogens is 362 g/mol. The van der Waals surface area contributed by atoms with Crippen LogP contribution in [0.4, 0.5) is 5.69 Å². The highest BCUT2D eigenvalue weighted by Crippen LogP contribution is 2.29. The summed E-state index contributed by atoms with van der Waals surface area (Å²) in [6, 6.07) is 7.59. The lowest BCUT2D eigenvalue weighted by atomic mass is 10.2. The second-order valence-electron chi connectivity index (χ2n) is 5.30. The van der Waals surface area contributed by atoms with Crippen LogP contribution in [0.2, 0.25) is 0 Å². The number of amides is 1. The number of carbonyl (C=O) groups excluding carboxylic acids is 1. The first-order valence-corrected chi connectivity index (χ1v) is 8.96. The largest absolute Gasteiger partial charge is 0.493 e. The van der Waals surface area contributed by atoms with Gasteiger partial charge in [-0.1, -0.05) is 0 Å².